The van der Waals surface area contributed by atoms with Crippen molar-refractivity contribution in [2.75, 3.05) is 12.0 Å². The standard InChI is InChI=1S/C25H29N3O4/c1-25(24(30)26-17-8-5-3-4-6-9-17)16-27-20-12-13-32-22(20)15-21(27)23(29)28(25)18-10-7-11-19(14-18)31-2/h7,10-15,17H,3-6,8-9,16H2,1-2H3,(H,26,30)/t25-/m1/s1. The van der Waals surface area contributed by atoms with Gasteiger partial charge in [-0.05, 0) is 31.9 Å². The lowest BCUT2D eigenvalue weighted by Gasteiger charge is -2.44. The first-order valence-corrected chi connectivity index (χ1v) is 11.4. The number of carbonyl (C=O) groups excluding carboxylic acids is 2. The molecule has 2 aromatic heterocycles. The van der Waals surface area contributed by atoms with Crippen LogP contribution in [-0.4, -0.2) is 35.1 Å². The molecule has 0 unspecified atom stereocenters. The van der Waals surface area contributed by atoms with Gasteiger partial charge in [0, 0.05) is 29.9 Å². The van der Waals surface area contributed by atoms with Gasteiger partial charge in [-0.15, -0.1) is 0 Å². The Kier molecular flexibility index (Phi) is 5.19. The zero-order chi connectivity index (χ0) is 22.3. The Morgan fingerprint density at radius 2 is 1.94 bits per heavy atom. The van der Waals surface area contributed by atoms with Crippen LogP contribution in [0, 0.1) is 0 Å². The van der Waals surface area contributed by atoms with Gasteiger partial charge >= 0.3 is 0 Å². The van der Waals surface area contributed by atoms with Crippen molar-refractivity contribution < 1.29 is 18.7 Å². The molecule has 1 aliphatic heterocycles. The summed E-state index contributed by atoms with van der Waals surface area (Å²) in [7, 11) is 1.59. The molecule has 1 aliphatic carbocycles. The zero-order valence-electron chi connectivity index (χ0n) is 18.6. The number of carbonyl (C=O) groups is 2. The summed E-state index contributed by atoms with van der Waals surface area (Å²) >= 11 is 0. The largest absolute Gasteiger partial charge is 0.497 e. The minimum absolute atomic E-state index is 0.128. The van der Waals surface area contributed by atoms with Gasteiger partial charge in [0.15, 0.2) is 5.58 Å². The highest BCUT2D eigenvalue weighted by Crippen LogP contribution is 2.37. The van der Waals surface area contributed by atoms with E-state index in [4.69, 9.17) is 9.15 Å². The van der Waals surface area contributed by atoms with Crippen LogP contribution in [0.2, 0.25) is 0 Å². The van der Waals surface area contributed by atoms with Gasteiger partial charge in [0.2, 0.25) is 5.91 Å². The van der Waals surface area contributed by atoms with Crippen molar-refractivity contribution in [3.63, 3.8) is 0 Å². The van der Waals surface area contributed by atoms with Crippen LogP contribution in [0.5, 0.6) is 5.75 Å². The first kappa shape index (κ1) is 20.7. The summed E-state index contributed by atoms with van der Waals surface area (Å²) < 4.78 is 12.8. The summed E-state index contributed by atoms with van der Waals surface area (Å²) in [5, 5.41) is 3.28. The third-order valence-corrected chi connectivity index (χ3v) is 6.90. The summed E-state index contributed by atoms with van der Waals surface area (Å²) in [5.74, 6) is 0.280. The zero-order valence-corrected chi connectivity index (χ0v) is 18.6. The monoisotopic (exact) mass is 435 g/mol. The minimum Gasteiger partial charge on any atom is -0.497 e. The third kappa shape index (κ3) is 3.36. The summed E-state index contributed by atoms with van der Waals surface area (Å²) in [6.07, 6.45) is 8.24. The minimum atomic E-state index is -1.11. The van der Waals surface area contributed by atoms with Gasteiger partial charge in [-0.3, -0.25) is 14.5 Å². The Bertz CT molecular complexity index is 1160. The molecule has 0 bridgehead atoms. The number of methoxy groups -OCH3 is 1. The topological polar surface area (TPSA) is 76.7 Å². The van der Waals surface area contributed by atoms with Crippen LogP contribution in [0.15, 0.2) is 47.1 Å². The second-order valence-electron chi connectivity index (χ2n) is 9.06. The molecule has 32 heavy (non-hydrogen) atoms. The second kappa shape index (κ2) is 8.04. The fraction of sp³-hybridized carbons (Fsp3) is 0.440. The first-order valence-electron chi connectivity index (χ1n) is 11.4. The van der Waals surface area contributed by atoms with Crippen LogP contribution in [0.1, 0.15) is 55.9 Å². The van der Waals surface area contributed by atoms with Gasteiger partial charge in [-0.25, -0.2) is 0 Å². The molecule has 0 radical (unpaired) electrons. The van der Waals surface area contributed by atoms with E-state index in [1.165, 1.54) is 12.8 Å². The Hall–Kier alpha value is -3.22. The maximum atomic E-state index is 13.8. The number of rotatable bonds is 4. The molecular weight excluding hydrogens is 406 g/mol. The summed E-state index contributed by atoms with van der Waals surface area (Å²) in [6, 6.07) is 11.1. The van der Waals surface area contributed by atoms with Crippen molar-refractivity contribution in [2.24, 2.45) is 0 Å². The molecule has 1 atom stereocenters. The van der Waals surface area contributed by atoms with Gasteiger partial charge < -0.3 is 19.0 Å². The van der Waals surface area contributed by atoms with Crippen LogP contribution in [0.25, 0.3) is 11.1 Å². The van der Waals surface area contributed by atoms with Gasteiger partial charge in [-0.1, -0.05) is 31.7 Å². The molecule has 1 aromatic carbocycles. The smallest absolute Gasteiger partial charge is 0.276 e. The van der Waals surface area contributed by atoms with Gasteiger partial charge in [0.25, 0.3) is 5.91 Å². The Morgan fingerprint density at radius 3 is 2.69 bits per heavy atom. The van der Waals surface area contributed by atoms with E-state index in [0.29, 0.717) is 29.3 Å². The number of furan rings is 1. The SMILES string of the molecule is COc1cccc(N2C(=O)c3cc4occc4n3C[C@]2(C)C(=O)NC2CCCCCC2)c1. The van der Waals surface area contributed by atoms with Crippen LogP contribution < -0.4 is 15.0 Å². The fourth-order valence-electron chi connectivity index (χ4n) is 5.13. The number of anilines is 1. The van der Waals surface area contributed by atoms with Crippen molar-refractivity contribution >= 4 is 28.6 Å². The Balaban J connectivity index is 1.58. The van der Waals surface area contributed by atoms with E-state index in [0.717, 1.165) is 31.2 Å². The molecular formula is C25H29N3O4. The molecule has 7 heteroatoms. The van der Waals surface area contributed by atoms with Crippen molar-refractivity contribution in [1.82, 2.24) is 9.88 Å². The molecule has 168 valence electrons. The van der Waals surface area contributed by atoms with E-state index in [2.05, 4.69) is 5.32 Å². The van der Waals surface area contributed by atoms with Crippen molar-refractivity contribution in [2.45, 2.75) is 63.6 Å². The molecule has 5 rings (SSSR count). The number of hydrogen-bond donors (Lipinski definition) is 1. The first-order chi connectivity index (χ1) is 15.5. The summed E-state index contributed by atoms with van der Waals surface area (Å²) in [6.45, 7) is 2.19. The predicted molar refractivity (Wildman–Crippen MR) is 122 cm³/mol. The number of fused-ring (bicyclic) bond motifs is 3. The number of nitrogens with one attached hydrogen (secondary N) is 1. The van der Waals surface area contributed by atoms with E-state index < -0.39 is 5.54 Å². The Labute approximate surface area is 187 Å². The van der Waals surface area contributed by atoms with Crippen LogP contribution in [-0.2, 0) is 11.3 Å². The molecule has 7 nitrogen and oxygen atoms in total. The van der Waals surface area contributed by atoms with E-state index in [-0.39, 0.29) is 17.9 Å². The van der Waals surface area contributed by atoms with Crippen molar-refractivity contribution in [1.29, 1.82) is 0 Å². The van der Waals surface area contributed by atoms with Crippen molar-refractivity contribution in [3.05, 3.63) is 48.4 Å². The lowest BCUT2D eigenvalue weighted by Crippen LogP contribution is -2.65. The van der Waals surface area contributed by atoms with Crippen molar-refractivity contribution in [3.8, 4) is 5.75 Å². The molecule has 0 spiro atoms. The van der Waals surface area contributed by atoms with Gasteiger partial charge in [-0.2, -0.15) is 0 Å². The lowest BCUT2D eigenvalue weighted by atomic mass is 9.92. The highest BCUT2D eigenvalue weighted by molar-refractivity contribution is 6.13. The number of aromatic nitrogens is 1. The Morgan fingerprint density at radius 1 is 1.16 bits per heavy atom. The lowest BCUT2D eigenvalue weighted by molar-refractivity contribution is -0.127. The molecule has 3 heterocycles. The maximum absolute atomic E-state index is 13.8. The van der Waals surface area contributed by atoms with E-state index >= 15 is 0 Å². The number of nitrogens with zero attached hydrogens (tertiary/aromatic N) is 2. The van der Waals surface area contributed by atoms with Crippen LogP contribution in [0.4, 0.5) is 5.69 Å². The molecule has 1 saturated carbocycles. The summed E-state index contributed by atoms with van der Waals surface area (Å²) in [4.78, 5) is 29.2. The van der Waals surface area contributed by atoms with Crippen LogP contribution >= 0.6 is 0 Å². The van der Waals surface area contributed by atoms with Gasteiger partial charge in [0.1, 0.15) is 17.0 Å². The number of benzene rings is 1. The molecule has 2 aliphatic rings. The molecule has 1 fully saturated rings. The van der Waals surface area contributed by atoms with Crippen LogP contribution in [0.3, 0.4) is 0 Å². The molecule has 3 aromatic rings. The number of amides is 2. The quantitative estimate of drug-likeness (QED) is 0.612. The van der Waals surface area contributed by atoms with E-state index in [9.17, 15) is 9.59 Å². The van der Waals surface area contributed by atoms with E-state index in [1.54, 1.807) is 30.4 Å². The predicted octanol–water partition coefficient (Wildman–Crippen LogP) is 4.50. The van der Waals surface area contributed by atoms with Gasteiger partial charge in [0.05, 0.1) is 25.4 Å². The fourth-order valence-corrected chi connectivity index (χ4v) is 5.13. The maximum Gasteiger partial charge on any atom is 0.276 e. The molecule has 0 saturated heterocycles. The highest BCUT2D eigenvalue weighted by Gasteiger charge is 2.49. The third-order valence-electron chi connectivity index (χ3n) is 6.90. The normalized spacial score (nSPS) is 21.9. The summed E-state index contributed by atoms with van der Waals surface area (Å²) in [5.41, 5.74) is 1.52. The van der Waals surface area contributed by atoms with E-state index in [1.807, 2.05) is 35.8 Å². The second-order valence-corrected chi connectivity index (χ2v) is 9.06. The average Bonchev–Trinajstić information content (AvgIpc) is 3.28. The number of hydrogen-bond acceptors (Lipinski definition) is 4. The molecule has 1 N–H and O–H groups in total. The highest BCUT2D eigenvalue weighted by atomic mass is 16.5. The number of ether oxygens (including phenoxy) is 1. The molecule has 2 amide bonds. The average molecular weight is 436 g/mol.